The maximum atomic E-state index is 12.7. The predicted octanol–water partition coefficient (Wildman–Crippen LogP) is 4.89. The van der Waals surface area contributed by atoms with Gasteiger partial charge in [0.15, 0.2) is 11.5 Å². The number of hydrogen-bond acceptors (Lipinski definition) is 3. The van der Waals surface area contributed by atoms with Crippen LogP contribution < -0.4 is 14.8 Å². The standard InChI is InChI=1S/C22H23F2NO3/c1-14-6-8-15(9-7-14)20(16-10-11-16)25-19(26)13-12-17-4-3-5-18(27-2)21(17)28-22(23)24/h3-9,12-13,16,20,22H,10-11H2,1-2H3,(H,25,26)/b13-12+/t20-/m1/s1. The fourth-order valence-corrected chi connectivity index (χ4v) is 3.08. The Hall–Kier alpha value is -2.89. The van der Waals surface area contributed by atoms with Crippen molar-refractivity contribution >= 4 is 12.0 Å². The molecule has 28 heavy (non-hydrogen) atoms. The van der Waals surface area contributed by atoms with Crippen LogP contribution in [0.1, 0.15) is 35.6 Å². The van der Waals surface area contributed by atoms with Crippen molar-refractivity contribution in [3.8, 4) is 11.5 Å². The van der Waals surface area contributed by atoms with Gasteiger partial charge in [0.1, 0.15) is 0 Å². The quantitative estimate of drug-likeness (QED) is 0.657. The lowest BCUT2D eigenvalue weighted by Crippen LogP contribution is -2.28. The van der Waals surface area contributed by atoms with Gasteiger partial charge >= 0.3 is 6.61 Å². The maximum Gasteiger partial charge on any atom is 0.387 e. The van der Waals surface area contributed by atoms with E-state index in [-0.39, 0.29) is 23.4 Å². The molecule has 3 rings (SSSR count). The summed E-state index contributed by atoms with van der Waals surface area (Å²) in [7, 11) is 1.37. The Bertz CT molecular complexity index is 845. The van der Waals surface area contributed by atoms with Crippen LogP contribution in [-0.2, 0) is 4.79 Å². The molecule has 0 spiro atoms. The lowest BCUT2D eigenvalue weighted by molar-refractivity contribution is -0.117. The summed E-state index contributed by atoms with van der Waals surface area (Å²) in [5, 5.41) is 3.03. The number of ether oxygens (including phenoxy) is 2. The Kier molecular flexibility index (Phi) is 6.29. The number of para-hydroxylation sites is 1. The second-order valence-corrected chi connectivity index (χ2v) is 6.82. The zero-order valence-electron chi connectivity index (χ0n) is 15.8. The summed E-state index contributed by atoms with van der Waals surface area (Å²) in [5.74, 6) is 0.220. The van der Waals surface area contributed by atoms with Gasteiger partial charge in [-0.05, 0) is 43.4 Å². The van der Waals surface area contributed by atoms with Crippen molar-refractivity contribution in [1.82, 2.24) is 5.32 Å². The molecular weight excluding hydrogens is 364 g/mol. The molecule has 1 N–H and O–H groups in total. The van der Waals surface area contributed by atoms with Gasteiger partial charge in [-0.25, -0.2) is 0 Å². The number of benzene rings is 2. The van der Waals surface area contributed by atoms with Crippen molar-refractivity contribution in [2.75, 3.05) is 7.11 Å². The molecule has 1 aliphatic rings. The third-order valence-corrected chi connectivity index (χ3v) is 4.68. The van der Waals surface area contributed by atoms with Crippen molar-refractivity contribution < 1.29 is 23.0 Å². The topological polar surface area (TPSA) is 47.6 Å². The van der Waals surface area contributed by atoms with Gasteiger partial charge in [0.25, 0.3) is 0 Å². The van der Waals surface area contributed by atoms with E-state index in [9.17, 15) is 13.6 Å². The molecule has 1 aliphatic carbocycles. The largest absolute Gasteiger partial charge is 0.493 e. The summed E-state index contributed by atoms with van der Waals surface area (Å²) in [5.41, 5.74) is 2.57. The summed E-state index contributed by atoms with van der Waals surface area (Å²) in [6, 6.07) is 12.8. The van der Waals surface area contributed by atoms with E-state index in [1.807, 2.05) is 31.2 Å². The molecule has 0 aliphatic heterocycles. The van der Waals surface area contributed by atoms with Crippen LogP contribution >= 0.6 is 0 Å². The first-order valence-corrected chi connectivity index (χ1v) is 9.15. The minimum atomic E-state index is -2.99. The molecule has 2 aromatic carbocycles. The lowest BCUT2D eigenvalue weighted by Gasteiger charge is -2.18. The Labute approximate surface area is 163 Å². The van der Waals surface area contributed by atoms with E-state index in [0.29, 0.717) is 11.5 Å². The maximum absolute atomic E-state index is 12.7. The Morgan fingerprint density at radius 2 is 1.89 bits per heavy atom. The second kappa shape index (κ2) is 8.87. The van der Waals surface area contributed by atoms with Crippen molar-refractivity contribution in [1.29, 1.82) is 0 Å². The van der Waals surface area contributed by atoms with Crippen LogP contribution in [0.5, 0.6) is 11.5 Å². The van der Waals surface area contributed by atoms with E-state index in [1.54, 1.807) is 12.1 Å². The molecule has 0 bridgehead atoms. The van der Waals surface area contributed by atoms with Crippen molar-refractivity contribution in [2.24, 2.45) is 5.92 Å². The molecule has 0 aromatic heterocycles. The molecular formula is C22H23F2NO3. The van der Waals surface area contributed by atoms with E-state index >= 15 is 0 Å². The van der Waals surface area contributed by atoms with Gasteiger partial charge < -0.3 is 14.8 Å². The molecule has 2 aromatic rings. The van der Waals surface area contributed by atoms with Gasteiger partial charge in [-0.3, -0.25) is 4.79 Å². The monoisotopic (exact) mass is 387 g/mol. The minimum absolute atomic E-state index is 0.0557. The first kappa shape index (κ1) is 19.9. The molecule has 0 radical (unpaired) electrons. The summed E-state index contributed by atoms with van der Waals surface area (Å²) in [6.45, 7) is -0.970. The second-order valence-electron chi connectivity index (χ2n) is 6.82. The molecule has 1 amide bonds. The highest BCUT2D eigenvalue weighted by atomic mass is 19.3. The number of nitrogens with one attached hydrogen (secondary N) is 1. The van der Waals surface area contributed by atoms with Crippen LogP contribution in [0.25, 0.3) is 6.08 Å². The SMILES string of the molecule is COc1cccc(/C=C/C(=O)N[C@H](c2ccc(C)cc2)C2CC2)c1OC(F)F. The number of carbonyl (C=O) groups excluding carboxylic acids is 1. The number of methoxy groups -OCH3 is 1. The van der Waals surface area contributed by atoms with Gasteiger partial charge in [0.2, 0.25) is 5.91 Å². The number of aryl methyl sites for hydroxylation is 1. The normalized spacial score (nSPS) is 14.9. The molecule has 0 saturated heterocycles. The van der Waals surface area contributed by atoms with Gasteiger partial charge in [-0.2, -0.15) is 8.78 Å². The van der Waals surface area contributed by atoms with Crippen LogP contribution in [0, 0.1) is 12.8 Å². The third kappa shape index (κ3) is 5.09. The molecule has 6 heteroatoms. The zero-order chi connectivity index (χ0) is 20.1. The number of amides is 1. The molecule has 1 fully saturated rings. The van der Waals surface area contributed by atoms with Gasteiger partial charge in [0.05, 0.1) is 13.2 Å². The molecule has 1 atom stereocenters. The van der Waals surface area contributed by atoms with E-state index in [2.05, 4.69) is 10.1 Å². The summed E-state index contributed by atoms with van der Waals surface area (Å²) in [4.78, 5) is 12.5. The molecule has 0 unspecified atom stereocenters. The smallest absolute Gasteiger partial charge is 0.387 e. The average molecular weight is 387 g/mol. The van der Waals surface area contributed by atoms with E-state index < -0.39 is 6.61 Å². The molecule has 0 heterocycles. The summed E-state index contributed by atoms with van der Waals surface area (Å²) in [6.07, 6.45) is 4.93. The number of halogens is 2. The number of rotatable bonds is 8. The van der Waals surface area contributed by atoms with Crippen molar-refractivity contribution in [3.05, 3.63) is 65.2 Å². The third-order valence-electron chi connectivity index (χ3n) is 4.68. The van der Waals surface area contributed by atoms with E-state index in [0.717, 1.165) is 24.0 Å². The van der Waals surface area contributed by atoms with E-state index in [4.69, 9.17) is 4.74 Å². The zero-order valence-corrected chi connectivity index (χ0v) is 15.8. The first-order chi connectivity index (χ1) is 13.5. The highest BCUT2D eigenvalue weighted by molar-refractivity contribution is 5.92. The van der Waals surface area contributed by atoms with E-state index in [1.165, 1.54) is 25.3 Å². The van der Waals surface area contributed by atoms with Crippen molar-refractivity contribution in [2.45, 2.75) is 32.4 Å². The fourth-order valence-electron chi connectivity index (χ4n) is 3.08. The highest BCUT2D eigenvalue weighted by Crippen LogP contribution is 2.41. The van der Waals surface area contributed by atoms with Crippen LogP contribution in [0.3, 0.4) is 0 Å². The van der Waals surface area contributed by atoms with Crippen molar-refractivity contribution in [3.63, 3.8) is 0 Å². The number of hydrogen-bond donors (Lipinski definition) is 1. The lowest BCUT2D eigenvalue weighted by atomic mass is 10.0. The Morgan fingerprint density at radius 1 is 1.18 bits per heavy atom. The molecule has 148 valence electrons. The van der Waals surface area contributed by atoms with Gasteiger partial charge in [0, 0.05) is 11.6 Å². The molecule has 4 nitrogen and oxygen atoms in total. The number of carbonyl (C=O) groups is 1. The predicted molar refractivity (Wildman–Crippen MR) is 103 cm³/mol. The summed E-state index contributed by atoms with van der Waals surface area (Å²) >= 11 is 0. The molecule has 1 saturated carbocycles. The Balaban J connectivity index is 1.75. The van der Waals surface area contributed by atoms with Crippen LogP contribution in [0.15, 0.2) is 48.5 Å². The minimum Gasteiger partial charge on any atom is -0.493 e. The van der Waals surface area contributed by atoms with Gasteiger partial charge in [-0.15, -0.1) is 0 Å². The highest BCUT2D eigenvalue weighted by Gasteiger charge is 2.33. The van der Waals surface area contributed by atoms with Crippen LogP contribution in [0.4, 0.5) is 8.78 Å². The first-order valence-electron chi connectivity index (χ1n) is 9.15. The number of alkyl halides is 2. The van der Waals surface area contributed by atoms with Crippen LogP contribution in [0.2, 0.25) is 0 Å². The average Bonchev–Trinajstić information content (AvgIpc) is 3.50. The van der Waals surface area contributed by atoms with Crippen LogP contribution in [-0.4, -0.2) is 19.6 Å². The fraction of sp³-hybridized carbons (Fsp3) is 0.318. The van der Waals surface area contributed by atoms with Gasteiger partial charge in [-0.1, -0.05) is 42.0 Å². The Morgan fingerprint density at radius 3 is 2.50 bits per heavy atom. The summed E-state index contributed by atoms with van der Waals surface area (Å²) < 4.78 is 35.1.